The van der Waals surface area contributed by atoms with Crippen molar-refractivity contribution in [1.82, 2.24) is 0 Å². The van der Waals surface area contributed by atoms with E-state index in [0.717, 1.165) is 0 Å². The molecule has 0 fully saturated rings. The van der Waals surface area contributed by atoms with E-state index in [9.17, 15) is 19.2 Å². The van der Waals surface area contributed by atoms with E-state index in [1.807, 2.05) is 0 Å². The molecule has 9 heteroatoms. The van der Waals surface area contributed by atoms with Gasteiger partial charge in [0, 0.05) is 38.0 Å². The highest BCUT2D eigenvalue weighted by atomic mass is 16.6. The number of hydrogen-bond acceptors (Lipinski definition) is 9. The van der Waals surface area contributed by atoms with Crippen LogP contribution in [-0.4, -0.2) is 31.0 Å². The number of esters is 4. The lowest BCUT2D eigenvalue weighted by atomic mass is 9.95. The highest BCUT2D eigenvalue weighted by Gasteiger charge is 2.29. The summed E-state index contributed by atoms with van der Waals surface area (Å²) in [6.07, 6.45) is 0. The third kappa shape index (κ3) is 4.24. The summed E-state index contributed by atoms with van der Waals surface area (Å²) >= 11 is 0. The molecule has 0 unspecified atom stereocenters. The van der Waals surface area contributed by atoms with Gasteiger partial charge >= 0.3 is 23.9 Å². The minimum absolute atomic E-state index is 0.000875. The van der Waals surface area contributed by atoms with Crippen molar-refractivity contribution >= 4 is 23.9 Å². The fourth-order valence-corrected chi connectivity index (χ4v) is 3.02. The van der Waals surface area contributed by atoms with Crippen LogP contribution in [0.2, 0.25) is 0 Å². The van der Waals surface area contributed by atoms with Crippen LogP contribution in [0.3, 0.4) is 0 Å². The summed E-state index contributed by atoms with van der Waals surface area (Å²) in [6, 6.07) is 5.86. The lowest BCUT2D eigenvalue weighted by Crippen LogP contribution is -2.10. The van der Waals surface area contributed by atoms with Gasteiger partial charge < -0.3 is 23.7 Å². The highest BCUT2D eigenvalue weighted by Crippen LogP contribution is 2.43. The van der Waals surface area contributed by atoms with E-state index >= 15 is 0 Å². The van der Waals surface area contributed by atoms with Gasteiger partial charge in [0.15, 0.2) is 11.5 Å². The first-order valence-electron chi connectivity index (χ1n) is 8.81. The van der Waals surface area contributed by atoms with Crippen LogP contribution in [0.4, 0.5) is 0 Å². The molecular formula is C21H18O9. The van der Waals surface area contributed by atoms with Gasteiger partial charge in [-0.05, 0) is 23.8 Å². The Bertz CT molecular complexity index is 1070. The number of carbonyl (C=O) groups excluding carboxylic acids is 4. The Morgan fingerprint density at radius 3 is 1.93 bits per heavy atom. The molecule has 0 N–H and O–H groups in total. The van der Waals surface area contributed by atoms with Crippen LogP contribution < -0.4 is 18.9 Å². The lowest BCUT2D eigenvalue weighted by Gasteiger charge is -2.16. The highest BCUT2D eigenvalue weighted by molar-refractivity contribution is 6.03. The zero-order valence-corrected chi connectivity index (χ0v) is 16.7. The molecular weight excluding hydrogens is 396 g/mol. The molecule has 9 nitrogen and oxygen atoms in total. The number of rotatable bonds is 4. The second-order valence-electron chi connectivity index (χ2n) is 6.36. The first-order chi connectivity index (χ1) is 14.2. The largest absolute Gasteiger partial charge is 0.497 e. The first-order valence-corrected chi connectivity index (χ1v) is 8.81. The molecule has 156 valence electrons. The summed E-state index contributed by atoms with van der Waals surface area (Å²) in [6.45, 7) is 3.45. The maximum atomic E-state index is 12.7. The third-order valence-electron chi connectivity index (χ3n) is 4.10. The first kappa shape index (κ1) is 20.8. The summed E-state index contributed by atoms with van der Waals surface area (Å²) < 4.78 is 26.1. The molecule has 2 aromatic rings. The van der Waals surface area contributed by atoms with E-state index in [1.54, 1.807) is 6.07 Å². The molecule has 0 saturated heterocycles. The topological polar surface area (TPSA) is 114 Å². The van der Waals surface area contributed by atoms with Crippen LogP contribution in [0.5, 0.6) is 23.0 Å². The van der Waals surface area contributed by atoms with E-state index in [4.69, 9.17) is 23.7 Å². The van der Waals surface area contributed by atoms with Crippen LogP contribution in [-0.2, 0) is 25.7 Å². The maximum absolute atomic E-state index is 12.7. The molecule has 0 saturated carbocycles. The molecule has 0 atom stereocenters. The van der Waals surface area contributed by atoms with Gasteiger partial charge in [-0.25, -0.2) is 4.79 Å². The molecule has 1 aliphatic rings. The molecule has 0 radical (unpaired) electrons. The van der Waals surface area contributed by atoms with Gasteiger partial charge in [-0.2, -0.15) is 0 Å². The fourth-order valence-electron chi connectivity index (χ4n) is 3.02. The second kappa shape index (κ2) is 8.24. The number of hydrogen-bond donors (Lipinski definition) is 0. The van der Waals surface area contributed by atoms with Crippen LogP contribution in [0, 0.1) is 0 Å². The number of methoxy groups -OCH3 is 1. The van der Waals surface area contributed by atoms with E-state index in [2.05, 4.69) is 0 Å². The number of cyclic esters (lactones) is 1. The number of benzene rings is 2. The average molecular weight is 414 g/mol. The van der Waals surface area contributed by atoms with Crippen molar-refractivity contribution < 1.29 is 42.9 Å². The number of fused-ring (bicyclic) bond motifs is 3. The lowest BCUT2D eigenvalue weighted by molar-refractivity contribution is -0.134. The van der Waals surface area contributed by atoms with Gasteiger partial charge in [0.2, 0.25) is 0 Å². The van der Waals surface area contributed by atoms with Gasteiger partial charge in [0.25, 0.3) is 0 Å². The normalized spacial score (nSPS) is 11.9. The average Bonchev–Trinajstić information content (AvgIpc) is 2.78. The Kier molecular flexibility index (Phi) is 5.72. The molecule has 0 bridgehead atoms. The minimum Gasteiger partial charge on any atom is -0.497 e. The molecule has 0 aromatic heterocycles. The predicted octanol–water partition coefficient (Wildman–Crippen LogP) is 2.81. The van der Waals surface area contributed by atoms with Gasteiger partial charge in [-0.15, -0.1) is 0 Å². The quantitative estimate of drug-likeness (QED) is 0.550. The molecule has 1 aliphatic heterocycles. The van der Waals surface area contributed by atoms with E-state index in [-0.39, 0.29) is 29.4 Å². The summed E-state index contributed by atoms with van der Waals surface area (Å²) in [5, 5.41) is 0. The van der Waals surface area contributed by atoms with Crippen molar-refractivity contribution in [3.05, 3.63) is 35.4 Å². The Hall–Kier alpha value is -3.88. The maximum Gasteiger partial charge on any atom is 0.342 e. The van der Waals surface area contributed by atoms with Crippen molar-refractivity contribution in [2.24, 2.45) is 0 Å². The van der Waals surface area contributed by atoms with Crippen molar-refractivity contribution in [3.8, 4) is 34.1 Å². The summed E-state index contributed by atoms with van der Waals surface area (Å²) in [5.74, 6) is -2.33. The zero-order valence-electron chi connectivity index (χ0n) is 16.7. The molecule has 3 rings (SSSR count). The summed E-state index contributed by atoms with van der Waals surface area (Å²) in [5.41, 5.74) is 1.29. The van der Waals surface area contributed by atoms with Gasteiger partial charge in [-0.3, -0.25) is 14.4 Å². The van der Waals surface area contributed by atoms with Crippen molar-refractivity contribution in [1.29, 1.82) is 0 Å². The van der Waals surface area contributed by atoms with Gasteiger partial charge in [-0.1, -0.05) is 0 Å². The summed E-state index contributed by atoms with van der Waals surface area (Å²) in [7, 11) is 1.42. The van der Waals surface area contributed by atoms with E-state index < -0.39 is 23.9 Å². The molecule has 0 aliphatic carbocycles. The van der Waals surface area contributed by atoms with Gasteiger partial charge in [0.05, 0.1) is 7.11 Å². The number of carbonyl (C=O) groups is 4. The molecule has 0 amide bonds. The minimum atomic E-state index is -0.719. The predicted molar refractivity (Wildman–Crippen MR) is 101 cm³/mol. The van der Waals surface area contributed by atoms with E-state index in [0.29, 0.717) is 22.4 Å². The molecule has 30 heavy (non-hydrogen) atoms. The molecule has 2 aromatic carbocycles. The SMILES string of the molecule is COc1cc(OC(C)=O)c2c(c1)-c1cc(OC(C)=O)c(OC(C)=O)cc1COC2=O. The van der Waals surface area contributed by atoms with Crippen LogP contribution in [0.1, 0.15) is 36.7 Å². The fraction of sp³-hybridized carbons (Fsp3) is 0.238. The molecule has 1 heterocycles. The standard InChI is InChI=1S/C21H18O9/c1-10(22)28-17-5-13-9-27-21(25)20-16(15(13)8-18(17)29-11(2)23)6-14(26-4)7-19(20)30-12(3)24/h5-8H,9H2,1-4H3. The Labute approximate surface area is 171 Å². The van der Waals surface area contributed by atoms with Crippen LogP contribution >= 0.6 is 0 Å². The van der Waals surface area contributed by atoms with Crippen LogP contribution in [0.15, 0.2) is 24.3 Å². The van der Waals surface area contributed by atoms with Crippen molar-refractivity contribution in [2.45, 2.75) is 27.4 Å². The smallest absolute Gasteiger partial charge is 0.342 e. The Morgan fingerprint density at radius 2 is 1.37 bits per heavy atom. The van der Waals surface area contributed by atoms with Crippen molar-refractivity contribution in [2.75, 3.05) is 7.11 Å². The number of ether oxygens (including phenoxy) is 5. The Balaban J connectivity index is 2.30. The summed E-state index contributed by atoms with van der Waals surface area (Å²) in [4.78, 5) is 47.2. The Morgan fingerprint density at radius 1 is 0.800 bits per heavy atom. The van der Waals surface area contributed by atoms with Crippen LogP contribution in [0.25, 0.3) is 11.1 Å². The van der Waals surface area contributed by atoms with Crippen molar-refractivity contribution in [3.63, 3.8) is 0 Å². The third-order valence-corrected chi connectivity index (χ3v) is 4.10. The zero-order chi connectivity index (χ0) is 22.0. The van der Waals surface area contributed by atoms with Gasteiger partial charge in [0.1, 0.15) is 23.7 Å². The molecule has 0 spiro atoms. The van der Waals surface area contributed by atoms with E-state index in [1.165, 1.54) is 46.1 Å². The second-order valence-corrected chi connectivity index (χ2v) is 6.36. The monoisotopic (exact) mass is 414 g/mol.